The molecule has 3 aromatic heterocycles. The highest BCUT2D eigenvalue weighted by Gasteiger charge is 2.28. The van der Waals surface area contributed by atoms with Crippen molar-refractivity contribution in [2.45, 2.75) is 25.8 Å². The lowest BCUT2D eigenvalue weighted by Gasteiger charge is -2.17. The summed E-state index contributed by atoms with van der Waals surface area (Å²) in [6.45, 7) is 6.13. The number of carbonyl (C=O) groups is 2. The number of amides is 1. The van der Waals surface area contributed by atoms with Gasteiger partial charge in [-0.3, -0.25) is 18.7 Å². The number of aryl methyl sites for hydroxylation is 1. The SMILES string of the molecule is CCN(CC)C(=O)C(=O)c1c(C)[nH]c2ccc(NS(=O)(=O)c3c(Cl)nc4sccn34)cc12. The van der Waals surface area contributed by atoms with Gasteiger partial charge in [-0.25, -0.2) is 4.98 Å². The van der Waals surface area contributed by atoms with Gasteiger partial charge in [-0.2, -0.15) is 8.42 Å². The lowest BCUT2D eigenvalue weighted by molar-refractivity contribution is -0.126. The molecule has 1 amide bonds. The van der Waals surface area contributed by atoms with Gasteiger partial charge in [-0.1, -0.05) is 11.6 Å². The van der Waals surface area contributed by atoms with E-state index < -0.39 is 21.7 Å². The molecule has 2 N–H and O–H groups in total. The summed E-state index contributed by atoms with van der Waals surface area (Å²) in [7, 11) is -4.07. The van der Waals surface area contributed by atoms with Crippen LogP contribution in [0, 0.1) is 6.92 Å². The number of imidazole rings is 1. The number of nitrogens with zero attached hydrogens (tertiary/aromatic N) is 3. The Bertz CT molecular complexity index is 1460. The van der Waals surface area contributed by atoms with E-state index in [4.69, 9.17) is 11.6 Å². The van der Waals surface area contributed by atoms with Gasteiger partial charge >= 0.3 is 0 Å². The summed E-state index contributed by atoms with van der Waals surface area (Å²) in [4.78, 5) is 34.6. The average molecular weight is 494 g/mol. The highest BCUT2D eigenvalue weighted by molar-refractivity contribution is 7.92. The fraction of sp³-hybridized carbons (Fsp3) is 0.250. The molecule has 0 spiro atoms. The van der Waals surface area contributed by atoms with Crippen molar-refractivity contribution in [1.29, 1.82) is 0 Å². The summed E-state index contributed by atoms with van der Waals surface area (Å²) < 4.78 is 30.0. The van der Waals surface area contributed by atoms with E-state index in [0.717, 1.165) is 0 Å². The third-order valence-electron chi connectivity index (χ3n) is 5.14. The number of thiazole rings is 1. The molecule has 0 radical (unpaired) electrons. The Kier molecular flexibility index (Phi) is 5.74. The second-order valence-electron chi connectivity index (χ2n) is 7.06. The Morgan fingerprint density at radius 1 is 1.28 bits per heavy atom. The van der Waals surface area contributed by atoms with Crippen molar-refractivity contribution in [3.05, 3.63) is 46.2 Å². The Balaban J connectivity index is 1.75. The molecule has 0 fully saturated rings. The molecule has 0 aliphatic heterocycles. The van der Waals surface area contributed by atoms with Crippen LogP contribution >= 0.6 is 22.9 Å². The minimum absolute atomic E-state index is 0.136. The van der Waals surface area contributed by atoms with Crippen molar-refractivity contribution >= 4 is 66.2 Å². The molecule has 4 rings (SSSR count). The number of carbonyl (C=O) groups excluding carboxylic acids is 2. The number of sulfonamides is 1. The topological polar surface area (TPSA) is 117 Å². The van der Waals surface area contributed by atoms with Crippen LogP contribution in [-0.2, 0) is 14.8 Å². The van der Waals surface area contributed by atoms with Crippen LogP contribution in [0.15, 0.2) is 34.8 Å². The van der Waals surface area contributed by atoms with E-state index in [1.165, 1.54) is 26.7 Å². The smallest absolute Gasteiger partial charge is 0.295 e. The van der Waals surface area contributed by atoms with Crippen LogP contribution in [-0.4, -0.2) is 52.5 Å². The lowest BCUT2D eigenvalue weighted by Crippen LogP contribution is -2.36. The number of anilines is 1. The van der Waals surface area contributed by atoms with E-state index in [0.29, 0.717) is 34.6 Å². The number of aromatic amines is 1. The van der Waals surface area contributed by atoms with Gasteiger partial charge in [0, 0.05) is 47.0 Å². The number of benzene rings is 1. The molecule has 4 aromatic rings. The molecular weight excluding hydrogens is 474 g/mol. The third kappa shape index (κ3) is 3.65. The van der Waals surface area contributed by atoms with E-state index in [9.17, 15) is 18.0 Å². The molecule has 0 aliphatic carbocycles. The Morgan fingerprint density at radius 3 is 2.69 bits per heavy atom. The zero-order valence-corrected chi connectivity index (χ0v) is 19.9. The second-order valence-corrected chi connectivity index (χ2v) is 9.89. The maximum absolute atomic E-state index is 13.0. The molecule has 32 heavy (non-hydrogen) atoms. The number of nitrogens with one attached hydrogen (secondary N) is 2. The summed E-state index contributed by atoms with van der Waals surface area (Å²) in [5, 5.41) is 1.85. The minimum atomic E-state index is -4.07. The standard InChI is InChI=1S/C20H20ClN5O4S2/c1-4-25(5-2)18(28)16(27)15-11(3)22-14-7-6-12(10-13(14)15)24-32(29,30)19-17(21)23-20-26(19)8-9-31-20/h6-10,22,24H,4-5H2,1-3H3. The maximum atomic E-state index is 13.0. The molecule has 0 bridgehead atoms. The van der Waals surface area contributed by atoms with Crippen molar-refractivity contribution < 1.29 is 18.0 Å². The molecule has 0 saturated carbocycles. The number of aromatic nitrogens is 3. The van der Waals surface area contributed by atoms with Gasteiger partial charge in [0.2, 0.25) is 0 Å². The van der Waals surface area contributed by atoms with E-state index in [2.05, 4.69) is 14.7 Å². The van der Waals surface area contributed by atoms with Crippen molar-refractivity contribution in [2.24, 2.45) is 0 Å². The lowest BCUT2D eigenvalue weighted by atomic mass is 10.1. The molecule has 12 heteroatoms. The van der Waals surface area contributed by atoms with E-state index >= 15 is 0 Å². The minimum Gasteiger partial charge on any atom is -0.358 e. The van der Waals surface area contributed by atoms with Gasteiger partial charge in [0.15, 0.2) is 15.1 Å². The molecule has 3 heterocycles. The Morgan fingerprint density at radius 2 is 2.00 bits per heavy atom. The number of H-pyrrole nitrogens is 1. The van der Waals surface area contributed by atoms with E-state index in [-0.39, 0.29) is 21.4 Å². The number of Topliss-reactive ketones (excluding diaryl/α,β-unsaturated/α-hetero) is 1. The normalized spacial score (nSPS) is 11.9. The zero-order chi connectivity index (χ0) is 23.2. The first-order chi connectivity index (χ1) is 15.2. The first kappa shape index (κ1) is 22.3. The zero-order valence-electron chi connectivity index (χ0n) is 17.5. The number of fused-ring (bicyclic) bond motifs is 2. The summed E-state index contributed by atoms with van der Waals surface area (Å²) in [5.74, 6) is -1.24. The summed E-state index contributed by atoms with van der Waals surface area (Å²) >= 11 is 7.34. The molecular formula is C20H20ClN5O4S2. The average Bonchev–Trinajstić information content (AvgIpc) is 3.39. The molecule has 0 aliphatic rings. The number of likely N-dealkylation sites (N-methyl/N-ethyl adjacent to an activating group) is 1. The first-order valence-corrected chi connectivity index (χ1v) is 12.5. The number of rotatable bonds is 7. The van der Waals surface area contributed by atoms with Crippen LogP contribution in [0.5, 0.6) is 0 Å². The number of ketones is 1. The van der Waals surface area contributed by atoms with E-state index in [1.54, 1.807) is 44.5 Å². The molecule has 1 aromatic carbocycles. The Hall–Kier alpha value is -2.89. The number of halogens is 1. The second kappa shape index (κ2) is 8.23. The van der Waals surface area contributed by atoms with Gasteiger partial charge in [0.05, 0.1) is 5.56 Å². The van der Waals surface area contributed by atoms with Crippen LogP contribution in [0.2, 0.25) is 5.15 Å². The molecule has 9 nitrogen and oxygen atoms in total. The highest BCUT2D eigenvalue weighted by atomic mass is 35.5. The quantitative estimate of drug-likeness (QED) is 0.301. The van der Waals surface area contributed by atoms with Crippen LogP contribution < -0.4 is 4.72 Å². The summed E-state index contributed by atoms with van der Waals surface area (Å²) in [6, 6.07) is 4.74. The summed E-state index contributed by atoms with van der Waals surface area (Å²) in [5.41, 5.74) is 1.59. The molecule has 0 saturated heterocycles. The van der Waals surface area contributed by atoms with Gasteiger partial charge in [-0.15, -0.1) is 11.3 Å². The first-order valence-electron chi connectivity index (χ1n) is 9.77. The van der Waals surface area contributed by atoms with Crippen LogP contribution in [0.1, 0.15) is 29.9 Å². The van der Waals surface area contributed by atoms with Gasteiger partial charge in [-0.05, 0) is 39.0 Å². The number of hydrogen-bond donors (Lipinski definition) is 2. The van der Waals surface area contributed by atoms with Crippen LogP contribution in [0.4, 0.5) is 5.69 Å². The fourth-order valence-electron chi connectivity index (χ4n) is 3.63. The molecule has 0 atom stereocenters. The maximum Gasteiger partial charge on any atom is 0.295 e. The van der Waals surface area contributed by atoms with Gasteiger partial charge in [0.25, 0.3) is 21.7 Å². The van der Waals surface area contributed by atoms with Crippen molar-refractivity contribution in [2.75, 3.05) is 17.8 Å². The largest absolute Gasteiger partial charge is 0.358 e. The third-order valence-corrected chi connectivity index (χ3v) is 7.68. The monoisotopic (exact) mass is 493 g/mol. The van der Waals surface area contributed by atoms with Crippen molar-refractivity contribution in [1.82, 2.24) is 19.3 Å². The molecule has 168 valence electrons. The fourth-order valence-corrected chi connectivity index (χ4v) is 6.13. The summed E-state index contributed by atoms with van der Waals surface area (Å²) in [6.07, 6.45) is 1.57. The van der Waals surface area contributed by atoms with Gasteiger partial charge in [0.1, 0.15) is 0 Å². The highest BCUT2D eigenvalue weighted by Crippen LogP contribution is 2.30. The predicted octanol–water partition coefficient (Wildman–Crippen LogP) is 3.69. The van der Waals surface area contributed by atoms with Crippen LogP contribution in [0.25, 0.3) is 15.9 Å². The van der Waals surface area contributed by atoms with Crippen LogP contribution in [0.3, 0.4) is 0 Å². The number of hydrogen-bond acceptors (Lipinski definition) is 6. The van der Waals surface area contributed by atoms with Gasteiger partial charge < -0.3 is 9.88 Å². The molecule has 0 unspecified atom stereocenters. The van der Waals surface area contributed by atoms with E-state index in [1.807, 2.05) is 0 Å². The Labute approximate surface area is 193 Å². The van der Waals surface area contributed by atoms with Crippen molar-refractivity contribution in [3.63, 3.8) is 0 Å². The van der Waals surface area contributed by atoms with Crippen molar-refractivity contribution in [3.8, 4) is 0 Å². The predicted molar refractivity (Wildman–Crippen MR) is 124 cm³/mol.